The lowest BCUT2D eigenvalue weighted by Crippen LogP contribution is -2.30. The van der Waals surface area contributed by atoms with Crippen LogP contribution in [0.1, 0.15) is 272 Å². The highest BCUT2D eigenvalue weighted by molar-refractivity contribution is 7.47. The molecule has 0 amide bonds. The van der Waals surface area contributed by atoms with E-state index in [1.54, 1.807) is 0 Å². The highest BCUT2D eigenvalue weighted by Crippen LogP contribution is 2.45. The molecule has 0 aromatic carbocycles. The van der Waals surface area contributed by atoms with E-state index < -0.39 is 97.5 Å². The fourth-order valence-corrected chi connectivity index (χ4v) is 10.9. The first kappa shape index (κ1) is 94.7. The summed E-state index contributed by atoms with van der Waals surface area (Å²) in [6.45, 7) is 4.39. The van der Waals surface area contributed by atoms with Gasteiger partial charge in [-0.05, 0) is 122 Å². The van der Waals surface area contributed by atoms with Crippen molar-refractivity contribution in [3.05, 3.63) is 158 Å². The second-order valence-electron chi connectivity index (χ2n) is 24.5. The van der Waals surface area contributed by atoms with Gasteiger partial charge in [0, 0.05) is 25.7 Å². The largest absolute Gasteiger partial charge is 0.472 e. The third-order valence-corrected chi connectivity index (χ3v) is 16.9. The van der Waals surface area contributed by atoms with Gasteiger partial charge in [-0.2, -0.15) is 0 Å². The van der Waals surface area contributed by atoms with Gasteiger partial charge >= 0.3 is 39.5 Å². The van der Waals surface area contributed by atoms with Crippen LogP contribution in [0, 0.1) is 0 Å². The number of rotatable bonds is 69. The van der Waals surface area contributed by atoms with Gasteiger partial charge in [0.25, 0.3) is 0 Å². The maximum Gasteiger partial charge on any atom is 0.472 e. The van der Waals surface area contributed by atoms with Crippen LogP contribution in [0.5, 0.6) is 0 Å². The lowest BCUT2D eigenvalue weighted by atomic mass is 10.1. The van der Waals surface area contributed by atoms with Crippen molar-refractivity contribution in [2.45, 2.75) is 290 Å². The van der Waals surface area contributed by atoms with Crippen LogP contribution in [0.15, 0.2) is 158 Å². The molecule has 0 aliphatic heterocycles. The maximum atomic E-state index is 13.1. The van der Waals surface area contributed by atoms with Crippen molar-refractivity contribution in [1.29, 1.82) is 0 Å². The molecule has 568 valence electrons. The van der Waals surface area contributed by atoms with Crippen molar-refractivity contribution < 1.29 is 80.2 Å². The fraction of sp³-hybridized carbons (Fsp3) is 0.630. The minimum absolute atomic E-state index is 0.0292. The molecule has 0 fully saturated rings. The van der Waals surface area contributed by atoms with Crippen LogP contribution < -0.4 is 0 Å². The molecule has 5 atom stereocenters. The fourth-order valence-electron chi connectivity index (χ4n) is 9.31. The van der Waals surface area contributed by atoms with Gasteiger partial charge in [-0.15, -0.1) is 0 Å². The SMILES string of the molecule is CC/C=C\C/C=C\C/C=C\C/C=C\C/C=C\C/C=C\CCC(=O)OCC(COP(=O)(O)OCC(O)COP(=O)(O)OCC(COC(=O)CC/C=C\C/C=C\C/C=C\C/C=C\C/C=C\C/C=C\CC)OC(=O)CCCCCCCCCCCCC)OC(=O)CCCCCCC/C=C\CCCC. The van der Waals surface area contributed by atoms with Crippen LogP contribution in [0.25, 0.3) is 0 Å². The van der Waals surface area contributed by atoms with E-state index in [9.17, 15) is 43.2 Å². The number of esters is 4. The Kier molecular flexibility index (Phi) is 68.2. The minimum Gasteiger partial charge on any atom is -0.462 e. The van der Waals surface area contributed by atoms with Crippen LogP contribution >= 0.6 is 15.6 Å². The summed E-state index contributed by atoms with van der Waals surface area (Å²) in [5.74, 6) is -2.39. The van der Waals surface area contributed by atoms with Crippen molar-refractivity contribution in [3.63, 3.8) is 0 Å². The third-order valence-electron chi connectivity index (χ3n) is 15.0. The number of hydrogen-bond acceptors (Lipinski definition) is 15. The van der Waals surface area contributed by atoms with E-state index in [2.05, 4.69) is 149 Å². The van der Waals surface area contributed by atoms with Gasteiger partial charge < -0.3 is 33.8 Å². The first-order chi connectivity index (χ1) is 48.7. The number of unbranched alkanes of at least 4 members (excludes halogenated alkanes) is 17. The summed E-state index contributed by atoms with van der Waals surface area (Å²) in [4.78, 5) is 72.7. The molecule has 0 aromatic heterocycles. The van der Waals surface area contributed by atoms with Crippen molar-refractivity contribution >= 4 is 39.5 Å². The van der Waals surface area contributed by atoms with E-state index in [1.807, 2.05) is 36.5 Å². The van der Waals surface area contributed by atoms with E-state index in [-0.39, 0.29) is 25.7 Å². The summed E-state index contributed by atoms with van der Waals surface area (Å²) < 4.78 is 68.2. The molecule has 0 saturated carbocycles. The van der Waals surface area contributed by atoms with Gasteiger partial charge in [0.15, 0.2) is 12.2 Å². The van der Waals surface area contributed by atoms with Gasteiger partial charge in [-0.3, -0.25) is 37.3 Å². The third kappa shape index (κ3) is 71.1. The Morgan fingerprint density at radius 1 is 0.290 bits per heavy atom. The van der Waals surface area contributed by atoms with E-state index >= 15 is 0 Å². The van der Waals surface area contributed by atoms with Crippen LogP contribution in [-0.4, -0.2) is 96.7 Å². The maximum absolute atomic E-state index is 13.1. The number of phosphoric acid groups is 2. The zero-order valence-corrected chi connectivity index (χ0v) is 63.6. The van der Waals surface area contributed by atoms with Gasteiger partial charge in [-0.25, -0.2) is 9.13 Å². The van der Waals surface area contributed by atoms with Crippen molar-refractivity contribution in [1.82, 2.24) is 0 Å². The number of aliphatic hydroxyl groups is 1. The average molecular weight is 1440 g/mol. The standard InChI is InChI=1S/C81H132O17P2/c1-5-9-13-17-21-25-29-31-33-35-37-39-41-43-47-49-53-57-61-65-78(83)91-71-76(97-80(85)67-63-59-55-51-45-27-23-19-15-11-7-3)73-95-99(87,88)93-69-75(82)70-94-100(89,90)96-74-77(98-81(86)68-64-60-56-52-46-28-24-20-16-12-8-4)72-92-79(84)66-62-58-54-50-48-44-42-40-38-36-34-32-30-26-22-18-14-10-6-2/h9-10,13-14,19,21-23,25-26,31-34,37-40,43-44,47-48,53-54,57-58,75-77,82H,5-8,11-12,15-18,20,24,27-30,35-36,41-42,45-46,49-52,55-56,59-74H2,1-4H3,(H,87,88)(H,89,90)/b13-9-,14-10-,23-19-,25-21-,26-22-,33-31-,34-32-,39-37-,40-38-,47-43-,48-44-,57-53-,58-54-. The number of allylic oxidation sites excluding steroid dienone is 26. The number of ether oxygens (including phenoxy) is 4. The van der Waals surface area contributed by atoms with Crippen LogP contribution in [-0.2, 0) is 65.4 Å². The molecule has 3 N–H and O–H groups in total. The molecular formula is C81H132O17P2. The van der Waals surface area contributed by atoms with Crippen molar-refractivity contribution in [2.24, 2.45) is 0 Å². The lowest BCUT2D eigenvalue weighted by Gasteiger charge is -2.21. The second-order valence-corrected chi connectivity index (χ2v) is 27.4. The highest BCUT2D eigenvalue weighted by atomic mass is 31.2. The Morgan fingerprint density at radius 3 is 0.870 bits per heavy atom. The molecule has 0 aliphatic carbocycles. The molecule has 17 nitrogen and oxygen atoms in total. The summed E-state index contributed by atoms with van der Waals surface area (Å²) >= 11 is 0. The monoisotopic (exact) mass is 1440 g/mol. The summed E-state index contributed by atoms with van der Waals surface area (Å²) in [6.07, 6.45) is 82.8. The Morgan fingerprint density at radius 2 is 0.550 bits per heavy atom. The predicted molar refractivity (Wildman–Crippen MR) is 408 cm³/mol. The van der Waals surface area contributed by atoms with Gasteiger partial charge in [0.05, 0.1) is 26.4 Å². The van der Waals surface area contributed by atoms with Gasteiger partial charge in [0.2, 0.25) is 0 Å². The molecule has 0 bridgehead atoms. The zero-order chi connectivity index (χ0) is 73.2. The van der Waals surface area contributed by atoms with Crippen molar-refractivity contribution in [3.8, 4) is 0 Å². The first-order valence-corrected chi connectivity index (χ1v) is 40.7. The summed E-state index contributed by atoms with van der Waals surface area (Å²) in [5.41, 5.74) is 0. The molecule has 0 aromatic rings. The van der Waals surface area contributed by atoms with Crippen molar-refractivity contribution in [2.75, 3.05) is 39.6 Å². The minimum atomic E-state index is -5.00. The molecule has 0 saturated heterocycles. The lowest BCUT2D eigenvalue weighted by molar-refractivity contribution is -0.161. The first-order valence-electron chi connectivity index (χ1n) is 37.7. The quantitative estimate of drug-likeness (QED) is 0.0169. The zero-order valence-electron chi connectivity index (χ0n) is 61.8. The van der Waals surface area contributed by atoms with E-state index in [4.69, 9.17) is 37.0 Å². The number of carbonyl (C=O) groups is 4. The van der Waals surface area contributed by atoms with Crippen LogP contribution in [0.3, 0.4) is 0 Å². The van der Waals surface area contributed by atoms with Crippen LogP contribution in [0.2, 0.25) is 0 Å². The van der Waals surface area contributed by atoms with E-state index in [0.29, 0.717) is 38.5 Å². The molecule has 0 radical (unpaired) electrons. The Hall–Kier alpha value is -5.32. The average Bonchev–Trinajstić information content (AvgIpc) is 0.953. The normalized spacial score (nSPS) is 14.8. The Bertz CT molecular complexity index is 2520. The number of phosphoric ester groups is 2. The Labute approximate surface area is 604 Å². The second kappa shape index (κ2) is 72.0. The Balaban J connectivity index is 5.42. The molecule has 0 aliphatic rings. The summed E-state index contributed by atoms with van der Waals surface area (Å²) in [5, 5.41) is 10.6. The van der Waals surface area contributed by atoms with Gasteiger partial charge in [0.1, 0.15) is 19.3 Å². The molecule has 100 heavy (non-hydrogen) atoms. The molecule has 5 unspecified atom stereocenters. The topological polar surface area (TPSA) is 237 Å². The van der Waals surface area contributed by atoms with Gasteiger partial charge in [-0.1, -0.05) is 282 Å². The van der Waals surface area contributed by atoms with E-state index in [0.717, 1.165) is 135 Å². The predicted octanol–water partition coefficient (Wildman–Crippen LogP) is 21.7. The summed E-state index contributed by atoms with van der Waals surface area (Å²) in [6, 6.07) is 0. The number of carbonyl (C=O) groups excluding carboxylic acids is 4. The summed E-state index contributed by atoms with van der Waals surface area (Å²) in [7, 11) is -9.99. The number of aliphatic hydroxyl groups excluding tert-OH is 1. The molecule has 0 heterocycles. The molecule has 19 heteroatoms. The molecular weight excluding hydrogens is 1310 g/mol. The number of hydrogen-bond donors (Lipinski definition) is 3. The molecule has 0 rings (SSSR count). The smallest absolute Gasteiger partial charge is 0.462 e. The highest BCUT2D eigenvalue weighted by Gasteiger charge is 2.30. The van der Waals surface area contributed by atoms with Crippen LogP contribution in [0.4, 0.5) is 0 Å². The molecule has 0 spiro atoms. The van der Waals surface area contributed by atoms with E-state index in [1.165, 1.54) is 44.9 Å².